The fraction of sp³-hybridized carbons (Fsp3) is 0.423. The van der Waals surface area contributed by atoms with Crippen LogP contribution >= 0.6 is 12.4 Å². The van der Waals surface area contributed by atoms with Crippen molar-refractivity contribution in [1.29, 1.82) is 0 Å². The van der Waals surface area contributed by atoms with Crippen LogP contribution < -0.4 is 10.6 Å². The number of amides is 2. The minimum absolute atomic E-state index is 0. The third kappa shape index (κ3) is 8.89. The van der Waals surface area contributed by atoms with Crippen molar-refractivity contribution in [2.45, 2.75) is 43.4 Å². The van der Waals surface area contributed by atoms with Gasteiger partial charge in [0.25, 0.3) is 0 Å². The highest BCUT2D eigenvalue weighted by atomic mass is 35.5. The third-order valence-corrected chi connectivity index (χ3v) is 8.36. The lowest BCUT2D eigenvalue weighted by Crippen LogP contribution is -2.62. The zero-order valence-corrected chi connectivity index (χ0v) is 24.0. The summed E-state index contributed by atoms with van der Waals surface area (Å²) in [4.78, 5) is 37.5. The minimum atomic E-state index is -4.65. The number of carboxylic acid groups (broad SMARTS) is 1. The second-order valence-corrected chi connectivity index (χ2v) is 11.5. The lowest BCUT2D eigenvalue weighted by molar-refractivity contribution is -0.138. The maximum absolute atomic E-state index is 13.4. The van der Waals surface area contributed by atoms with Gasteiger partial charge in [-0.15, -0.1) is 12.4 Å². The van der Waals surface area contributed by atoms with E-state index in [4.69, 9.17) is 5.11 Å². The van der Waals surface area contributed by atoms with Gasteiger partial charge in [-0.1, -0.05) is 38.1 Å². The Morgan fingerprint density at radius 2 is 1.61 bits per heavy atom. The molecule has 3 N–H and O–H groups in total. The SMILES string of the molecule is CC(C)c1ccc(CNC(=O)[C@H]2CN(C(=O)CNCC(=O)O)CCN2S(=O)(=O)c2ccc(C(F)(F)F)cc2)cc1.Cl. The van der Waals surface area contributed by atoms with Crippen molar-refractivity contribution in [2.75, 3.05) is 32.7 Å². The molecule has 1 saturated heterocycles. The van der Waals surface area contributed by atoms with Crippen LogP contribution in [0.15, 0.2) is 53.4 Å². The molecule has 1 heterocycles. The Kier molecular flexibility index (Phi) is 11.7. The molecule has 0 aliphatic carbocycles. The number of alkyl halides is 3. The van der Waals surface area contributed by atoms with Gasteiger partial charge < -0.3 is 15.3 Å². The fourth-order valence-corrected chi connectivity index (χ4v) is 5.73. The van der Waals surface area contributed by atoms with Crippen LogP contribution in [0.4, 0.5) is 13.2 Å². The van der Waals surface area contributed by atoms with Crippen molar-refractivity contribution < 1.29 is 41.1 Å². The van der Waals surface area contributed by atoms with E-state index in [2.05, 4.69) is 10.6 Å². The van der Waals surface area contributed by atoms with Gasteiger partial charge in [-0.25, -0.2) is 8.42 Å². The van der Waals surface area contributed by atoms with Gasteiger partial charge in [0.15, 0.2) is 0 Å². The zero-order chi connectivity index (χ0) is 29.7. The van der Waals surface area contributed by atoms with Crippen LogP contribution in [0.2, 0.25) is 0 Å². The molecule has 0 aromatic heterocycles. The molecule has 1 aliphatic heterocycles. The van der Waals surface area contributed by atoms with Gasteiger partial charge in [-0.3, -0.25) is 19.7 Å². The molecule has 0 bridgehead atoms. The van der Waals surface area contributed by atoms with Crippen molar-refractivity contribution in [1.82, 2.24) is 19.8 Å². The molecule has 1 aliphatic rings. The molecule has 2 aromatic rings. The molecule has 2 amide bonds. The first-order valence-corrected chi connectivity index (χ1v) is 13.9. The van der Waals surface area contributed by atoms with Crippen LogP contribution in [0.1, 0.15) is 36.5 Å². The summed E-state index contributed by atoms with van der Waals surface area (Å²) in [7, 11) is -4.42. The number of carboxylic acids is 1. The number of halogens is 4. The van der Waals surface area contributed by atoms with Gasteiger partial charge in [-0.2, -0.15) is 17.5 Å². The zero-order valence-electron chi connectivity index (χ0n) is 22.3. The van der Waals surface area contributed by atoms with E-state index >= 15 is 0 Å². The predicted molar refractivity (Wildman–Crippen MR) is 146 cm³/mol. The lowest BCUT2D eigenvalue weighted by Gasteiger charge is -2.39. The van der Waals surface area contributed by atoms with Gasteiger partial charge in [0.05, 0.1) is 23.5 Å². The molecule has 3 rings (SSSR count). The normalized spacial score (nSPS) is 16.2. The van der Waals surface area contributed by atoms with E-state index in [1.807, 2.05) is 38.1 Å². The Hall–Kier alpha value is -3.20. The van der Waals surface area contributed by atoms with Crippen molar-refractivity contribution >= 4 is 40.2 Å². The highest BCUT2D eigenvalue weighted by molar-refractivity contribution is 7.89. The molecule has 10 nitrogen and oxygen atoms in total. The summed E-state index contributed by atoms with van der Waals surface area (Å²) in [6.45, 7) is 2.62. The van der Waals surface area contributed by atoms with Crippen LogP contribution in [-0.2, 0) is 37.1 Å². The molecule has 0 spiro atoms. The molecule has 0 unspecified atom stereocenters. The van der Waals surface area contributed by atoms with Gasteiger partial charge in [0.2, 0.25) is 21.8 Å². The van der Waals surface area contributed by atoms with Crippen LogP contribution in [0, 0.1) is 0 Å². The van der Waals surface area contributed by atoms with E-state index in [9.17, 15) is 36.0 Å². The quantitative estimate of drug-likeness (QED) is 0.371. The topological polar surface area (TPSA) is 136 Å². The third-order valence-electron chi connectivity index (χ3n) is 6.44. The average molecular weight is 621 g/mol. The molecule has 2 aromatic carbocycles. The number of carbonyl (C=O) groups is 3. The maximum atomic E-state index is 13.4. The fourth-order valence-electron chi connectivity index (χ4n) is 4.16. The Balaban J connectivity index is 0.00000588. The molecule has 1 atom stereocenters. The second-order valence-electron chi connectivity index (χ2n) is 9.60. The summed E-state index contributed by atoms with van der Waals surface area (Å²) in [5, 5.41) is 13.9. The number of aliphatic carboxylic acids is 1. The Labute approximate surface area is 242 Å². The van der Waals surface area contributed by atoms with E-state index in [1.54, 1.807) is 0 Å². The molecule has 0 radical (unpaired) electrons. The molecule has 226 valence electrons. The average Bonchev–Trinajstić information content (AvgIpc) is 2.90. The number of sulfonamides is 1. The monoisotopic (exact) mass is 620 g/mol. The van der Waals surface area contributed by atoms with Gasteiger partial charge >= 0.3 is 12.1 Å². The van der Waals surface area contributed by atoms with Crippen molar-refractivity contribution in [3.05, 3.63) is 65.2 Å². The number of carbonyl (C=O) groups excluding carboxylic acids is 2. The summed E-state index contributed by atoms with van der Waals surface area (Å²) >= 11 is 0. The number of nitrogens with one attached hydrogen (secondary N) is 2. The first-order valence-electron chi connectivity index (χ1n) is 12.5. The number of rotatable bonds is 10. The van der Waals surface area contributed by atoms with Crippen LogP contribution in [0.5, 0.6) is 0 Å². The first-order chi connectivity index (χ1) is 18.7. The van der Waals surface area contributed by atoms with Crippen LogP contribution in [0.3, 0.4) is 0 Å². The first kappa shape index (κ1) is 34.0. The summed E-state index contributed by atoms with van der Waals surface area (Å²) in [5.74, 6) is -2.09. The van der Waals surface area contributed by atoms with Crippen molar-refractivity contribution in [3.63, 3.8) is 0 Å². The Morgan fingerprint density at radius 3 is 2.15 bits per heavy atom. The molecule has 15 heteroatoms. The lowest BCUT2D eigenvalue weighted by atomic mass is 10.0. The summed E-state index contributed by atoms with van der Waals surface area (Å²) < 4.78 is 66.7. The van der Waals surface area contributed by atoms with E-state index in [0.717, 1.165) is 27.6 Å². The van der Waals surface area contributed by atoms with Crippen LogP contribution in [0.25, 0.3) is 0 Å². The van der Waals surface area contributed by atoms with Gasteiger partial charge in [0.1, 0.15) is 6.04 Å². The predicted octanol–water partition coefficient (Wildman–Crippen LogP) is 2.44. The highest BCUT2D eigenvalue weighted by Crippen LogP contribution is 2.31. The number of nitrogens with zero attached hydrogens (tertiary/aromatic N) is 2. The van der Waals surface area contributed by atoms with Crippen LogP contribution in [-0.4, -0.2) is 79.3 Å². The molecular formula is C26H32ClF3N4O6S. The Morgan fingerprint density at radius 1 is 1.00 bits per heavy atom. The molecular weight excluding hydrogens is 589 g/mol. The minimum Gasteiger partial charge on any atom is -0.480 e. The van der Waals surface area contributed by atoms with Crippen molar-refractivity contribution in [2.24, 2.45) is 0 Å². The number of benzene rings is 2. The standard InChI is InChI=1S/C26H31F3N4O6S.ClH/c1-17(2)19-5-3-18(4-6-19)13-31-25(37)22-16-32(23(34)14-30-15-24(35)36)11-12-33(22)40(38,39)21-9-7-20(8-10-21)26(27,28)29;/h3-10,17,22,30H,11-16H2,1-2H3,(H,31,37)(H,35,36);1H/t22-;/m1./s1. The highest BCUT2D eigenvalue weighted by Gasteiger charge is 2.41. The number of piperazine rings is 1. The number of hydrogen-bond donors (Lipinski definition) is 3. The maximum Gasteiger partial charge on any atom is 0.416 e. The van der Waals surface area contributed by atoms with E-state index in [0.29, 0.717) is 18.1 Å². The summed E-state index contributed by atoms with van der Waals surface area (Å²) in [6.07, 6.45) is -4.65. The largest absolute Gasteiger partial charge is 0.480 e. The van der Waals surface area contributed by atoms with Crippen molar-refractivity contribution in [3.8, 4) is 0 Å². The van der Waals surface area contributed by atoms with E-state index in [-0.39, 0.29) is 45.1 Å². The number of hydrogen-bond acceptors (Lipinski definition) is 6. The molecule has 41 heavy (non-hydrogen) atoms. The van der Waals surface area contributed by atoms with Gasteiger partial charge in [-0.05, 0) is 41.3 Å². The smallest absolute Gasteiger partial charge is 0.416 e. The molecule has 0 saturated carbocycles. The van der Waals surface area contributed by atoms with E-state index in [1.165, 1.54) is 4.90 Å². The second kappa shape index (κ2) is 14.1. The summed E-state index contributed by atoms with van der Waals surface area (Å²) in [6, 6.07) is 9.08. The van der Waals surface area contributed by atoms with E-state index < -0.39 is 57.0 Å². The Bertz CT molecular complexity index is 1320. The van der Waals surface area contributed by atoms with Gasteiger partial charge in [0, 0.05) is 26.2 Å². The molecule has 1 fully saturated rings. The summed E-state index contributed by atoms with van der Waals surface area (Å²) in [5.41, 5.74) is 0.840.